The highest BCUT2D eigenvalue weighted by Crippen LogP contribution is 2.48. The molecule has 3 aliphatic carbocycles. The van der Waals surface area contributed by atoms with E-state index in [0.717, 1.165) is 44.6 Å². The Labute approximate surface area is 197 Å². The van der Waals surface area contributed by atoms with Crippen LogP contribution in [-0.2, 0) is 9.53 Å². The van der Waals surface area contributed by atoms with Gasteiger partial charge in [0.05, 0.1) is 28.5 Å². The summed E-state index contributed by atoms with van der Waals surface area (Å²) < 4.78 is 19.3. The zero-order chi connectivity index (χ0) is 23.8. The summed E-state index contributed by atoms with van der Waals surface area (Å²) >= 11 is 5.84. The number of primary amides is 1. The Morgan fingerprint density at radius 2 is 1.91 bits per heavy atom. The number of halogens is 2. The van der Waals surface area contributed by atoms with Gasteiger partial charge in [0, 0.05) is 37.0 Å². The second-order valence-corrected chi connectivity index (χ2v) is 9.57. The number of methoxy groups -OCH3 is 1. The number of nitrogens with zero attached hydrogens (tertiary/aromatic N) is 1. The highest BCUT2D eigenvalue weighted by molar-refractivity contribution is 6.32. The fraction of sp³-hybridized carbons (Fsp3) is 0.522. The fourth-order valence-electron chi connectivity index (χ4n) is 5.18. The van der Waals surface area contributed by atoms with Crippen LogP contribution in [0.3, 0.4) is 0 Å². The zero-order valence-electron chi connectivity index (χ0n) is 18.6. The summed E-state index contributed by atoms with van der Waals surface area (Å²) in [5, 5.41) is 14.7. The molecule has 4 fully saturated rings. The minimum absolute atomic E-state index is 0.0442. The van der Waals surface area contributed by atoms with Crippen molar-refractivity contribution in [2.75, 3.05) is 26.7 Å². The second kappa shape index (κ2) is 8.95. The minimum atomic E-state index is -0.806. The number of carbonyl (C=O) groups is 2. The molecule has 3 saturated carbocycles. The van der Waals surface area contributed by atoms with Crippen LogP contribution in [0.4, 0.5) is 9.18 Å². The van der Waals surface area contributed by atoms with Crippen LogP contribution in [0.5, 0.6) is 0 Å². The van der Waals surface area contributed by atoms with E-state index in [1.54, 1.807) is 12.0 Å². The van der Waals surface area contributed by atoms with Crippen molar-refractivity contribution in [1.82, 2.24) is 15.5 Å². The molecule has 2 bridgehead atoms. The summed E-state index contributed by atoms with van der Waals surface area (Å²) in [5.74, 6) is -1.42. The number of carbonyl (C=O) groups excluding carboxylic acids is 2. The van der Waals surface area contributed by atoms with E-state index >= 15 is 0 Å². The number of amides is 3. The maximum Gasteiger partial charge on any atom is 0.318 e. The first-order valence-corrected chi connectivity index (χ1v) is 11.5. The number of benzene rings is 1. The summed E-state index contributed by atoms with van der Waals surface area (Å²) in [6.07, 6.45) is 5.43. The average molecular weight is 478 g/mol. The lowest BCUT2D eigenvalue weighted by Gasteiger charge is -2.53. The predicted octanol–water partition coefficient (Wildman–Crippen LogP) is 2.69. The molecule has 178 valence electrons. The number of ether oxygens (including phenoxy) is 1. The Morgan fingerprint density at radius 3 is 2.48 bits per heavy atom. The molecule has 4 aliphatic rings. The van der Waals surface area contributed by atoms with Crippen LogP contribution < -0.4 is 16.4 Å². The smallest absolute Gasteiger partial charge is 0.318 e. The molecule has 5 rings (SSSR count). The Balaban J connectivity index is 1.51. The van der Waals surface area contributed by atoms with Crippen LogP contribution in [0.1, 0.15) is 44.1 Å². The Bertz CT molecular complexity index is 1000. The molecule has 0 spiro atoms. The summed E-state index contributed by atoms with van der Waals surface area (Å²) in [6, 6.07) is 3.59. The van der Waals surface area contributed by atoms with Gasteiger partial charge in [-0.05, 0) is 56.7 Å². The number of urea groups is 1. The fourth-order valence-corrected chi connectivity index (χ4v) is 5.36. The van der Waals surface area contributed by atoms with Gasteiger partial charge in [-0.25, -0.2) is 9.18 Å². The van der Waals surface area contributed by atoms with Crippen LogP contribution in [0.25, 0.3) is 0 Å². The molecule has 10 heteroatoms. The summed E-state index contributed by atoms with van der Waals surface area (Å²) in [5.41, 5.74) is 5.75. The van der Waals surface area contributed by atoms with Crippen molar-refractivity contribution in [3.05, 3.63) is 45.9 Å². The van der Waals surface area contributed by atoms with Gasteiger partial charge >= 0.3 is 6.03 Å². The van der Waals surface area contributed by atoms with E-state index in [1.165, 1.54) is 12.1 Å². The molecule has 0 radical (unpaired) electrons. The van der Waals surface area contributed by atoms with Crippen molar-refractivity contribution in [2.24, 2.45) is 5.73 Å². The lowest BCUT2D eigenvalue weighted by molar-refractivity contribution is -0.114. The van der Waals surface area contributed by atoms with Gasteiger partial charge in [0.1, 0.15) is 5.82 Å². The highest BCUT2D eigenvalue weighted by Gasteiger charge is 2.50. The third-order valence-corrected chi connectivity index (χ3v) is 7.64. The van der Waals surface area contributed by atoms with Crippen LogP contribution in [-0.4, -0.2) is 60.4 Å². The molecule has 0 atom stereocenters. The maximum atomic E-state index is 13.5. The SMILES string of the molecule is COC12CCC(NC(=O)N3CCN/C(=C(\C(=N)c4ccc(F)c(Cl)c4)C(N)=O)C3)(CC1)CC2. The molecule has 33 heavy (non-hydrogen) atoms. The molecular weight excluding hydrogens is 449 g/mol. The molecule has 3 amide bonds. The molecule has 8 nitrogen and oxygen atoms in total. The lowest BCUT2D eigenvalue weighted by atomic mass is 9.63. The van der Waals surface area contributed by atoms with Crippen LogP contribution >= 0.6 is 11.6 Å². The Morgan fingerprint density at radius 1 is 1.24 bits per heavy atom. The van der Waals surface area contributed by atoms with E-state index in [4.69, 9.17) is 27.5 Å². The number of rotatable bonds is 5. The van der Waals surface area contributed by atoms with Crippen molar-refractivity contribution in [3.8, 4) is 0 Å². The molecule has 1 heterocycles. The summed E-state index contributed by atoms with van der Waals surface area (Å²) in [7, 11) is 1.76. The molecular formula is C23H29ClFN5O3. The third kappa shape index (κ3) is 4.56. The van der Waals surface area contributed by atoms with Crippen LogP contribution in [0.15, 0.2) is 29.5 Å². The van der Waals surface area contributed by atoms with Gasteiger partial charge in [0.25, 0.3) is 5.91 Å². The van der Waals surface area contributed by atoms with Crippen molar-refractivity contribution < 1.29 is 18.7 Å². The number of piperazine rings is 1. The first-order chi connectivity index (χ1) is 15.7. The van der Waals surface area contributed by atoms with E-state index in [9.17, 15) is 14.0 Å². The lowest BCUT2D eigenvalue weighted by Crippen LogP contribution is -2.62. The quantitative estimate of drug-likeness (QED) is 0.385. The van der Waals surface area contributed by atoms with Crippen LogP contribution in [0, 0.1) is 11.2 Å². The number of hydrogen-bond donors (Lipinski definition) is 4. The van der Waals surface area contributed by atoms with Gasteiger partial charge in [-0.15, -0.1) is 0 Å². The van der Waals surface area contributed by atoms with Crippen LogP contribution in [0.2, 0.25) is 5.02 Å². The first-order valence-electron chi connectivity index (χ1n) is 11.1. The summed E-state index contributed by atoms with van der Waals surface area (Å²) in [4.78, 5) is 27.1. The number of nitrogens with two attached hydrogens (primary N) is 1. The summed E-state index contributed by atoms with van der Waals surface area (Å²) in [6.45, 7) is 0.978. The van der Waals surface area contributed by atoms with Crippen molar-refractivity contribution in [3.63, 3.8) is 0 Å². The normalized spacial score (nSPS) is 28.2. The molecule has 0 unspecified atom stereocenters. The van der Waals surface area contributed by atoms with Gasteiger partial charge in [0.2, 0.25) is 0 Å². The predicted molar refractivity (Wildman–Crippen MR) is 123 cm³/mol. The minimum Gasteiger partial charge on any atom is -0.384 e. The molecule has 1 aromatic rings. The largest absolute Gasteiger partial charge is 0.384 e. The van der Waals surface area contributed by atoms with E-state index in [0.29, 0.717) is 18.8 Å². The van der Waals surface area contributed by atoms with E-state index in [1.807, 2.05) is 0 Å². The molecule has 5 N–H and O–H groups in total. The van der Waals surface area contributed by atoms with Crippen molar-refractivity contribution in [2.45, 2.75) is 49.7 Å². The van der Waals surface area contributed by atoms with E-state index < -0.39 is 11.7 Å². The van der Waals surface area contributed by atoms with Gasteiger partial charge in [0.15, 0.2) is 0 Å². The van der Waals surface area contributed by atoms with Gasteiger partial charge < -0.3 is 26.0 Å². The maximum absolute atomic E-state index is 13.5. The molecule has 1 aromatic carbocycles. The van der Waals surface area contributed by atoms with Gasteiger partial charge in [-0.1, -0.05) is 11.6 Å². The third-order valence-electron chi connectivity index (χ3n) is 7.35. The highest BCUT2D eigenvalue weighted by atomic mass is 35.5. The zero-order valence-corrected chi connectivity index (χ0v) is 19.4. The molecule has 1 saturated heterocycles. The monoisotopic (exact) mass is 477 g/mol. The standard InChI is InChI=1S/C23H29ClFN5O3/c1-33-23-7-4-22(5-8-23,6-9-23)29-21(32)30-11-10-28-17(13-30)18(20(27)31)19(26)14-2-3-16(25)15(24)12-14/h2-3,12,26,28H,4-11,13H2,1H3,(H2,27,31)(H,29,32)/b18-17+,26-19?. The topological polar surface area (TPSA) is 121 Å². The van der Waals surface area contributed by atoms with E-state index in [-0.39, 0.29) is 45.6 Å². The Hall–Kier alpha value is -2.65. The molecule has 0 aromatic heterocycles. The first kappa shape index (κ1) is 23.5. The van der Waals surface area contributed by atoms with Crippen molar-refractivity contribution in [1.29, 1.82) is 5.41 Å². The van der Waals surface area contributed by atoms with Gasteiger partial charge in [-0.3, -0.25) is 10.2 Å². The Kier molecular flexibility index (Phi) is 6.37. The molecule has 1 aliphatic heterocycles. The van der Waals surface area contributed by atoms with Gasteiger partial charge in [-0.2, -0.15) is 0 Å². The van der Waals surface area contributed by atoms with E-state index in [2.05, 4.69) is 10.6 Å². The average Bonchev–Trinajstić information content (AvgIpc) is 2.82. The number of fused-ring (bicyclic) bond motifs is 3. The van der Waals surface area contributed by atoms with Crippen molar-refractivity contribution >= 4 is 29.3 Å². The number of hydrogen-bond acceptors (Lipinski definition) is 5. The second-order valence-electron chi connectivity index (χ2n) is 9.17. The number of nitrogens with one attached hydrogen (secondary N) is 3.